The van der Waals surface area contributed by atoms with Gasteiger partial charge >= 0.3 is 0 Å². The average molecular weight is 312 g/mol. The minimum absolute atomic E-state index is 0.513. The van der Waals surface area contributed by atoms with Crippen molar-refractivity contribution in [1.82, 2.24) is 4.90 Å². The summed E-state index contributed by atoms with van der Waals surface area (Å²) in [6.45, 7) is 3.52. The minimum Gasteiger partial charge on any atom is -0.492 e. The molecule has 0 unspecified atom stereocenters. The van der Waals surface area contributed by atoms with Crippen LogP contribution in [0.4, 0.5) is 0 Å². The van der Waals surface area contributed by atoms with E-state index in [-0.39, 0.29) is 0 Å². The molecule has 1 heterocycles. The summed E-state index contributed by atoms with van der Waals surface area (Å²) >= 11 is 5.84. The molecule has 5 heteroatoms. The van der Waals surface area contributed by atoms with Gasteiger partial charge in [-0.2, -0.15) is 0 Å². The number of nitrogens with zero attached hydrogens (tertiary/aromatic N) is 1. The van der Waals surface area contributed by atoms with Gasteiger partial charge in [0.05, 0.1) is 12.2 Å². The van der Waals surface area contributed by atoms with Crippen LogP contribution in [0.15, 0.2) is 24.3 Å². The molecule has 1 saturated carbocycles. The number of fused-ring (bicyclic) bond motifs is 1. The van der Waals surface area contributed by atoms with Gasteiger partial charge in [0.15, 0.2) is 0 Å². The van der Waals surface area contributed by atoms with E-state index in [1.807, 2.05) is 24.3 Å². The van der Waals surface area contributed by atoms with Crippen molar-refractivity contribution >= 4 is 11.6 Å². The highest BCUT2D eigenvalue weighted by Gasteiger charge is 2.40. The Hall–Kier alpha value is -0.810. The maximum absolute atomic E-state index is 9.75. The second-order valence-electron chi connectivity index (χ2n) is 6.19. The second kappa shape index (κ2) is 6.53. The van der Waals surface area contributed by atoms with Crippen LogP contribution in [0.25, 0.3) is 0 Å². The van der Waals surface area contributed by atoms with Crippen molar-refractivity contribution in [2.45, 2.75) is 25.0 Å². The van der Waals surface area contributed by atoms with Crippen LogP contribution in [0.3, 0.4) is 0 Å². The minimum atomic E-state index is -0.545. The summed E-state index contributed by atoms with van der Waals surface area (Å²) in [6.07, 6.45) is 0.355. The third kappa shape index (κ3) is 3.69. The van der Waals surface area contributed by atoms with Gasteiger partial charge in [0, 0.05) is 24.7 Å². The van der Waals surface area contributed by atoms with Crippen molar-refractivity contribution in [3.05, 3.63) is 29.3 Å². The molecule has 0 spiro atoms. The molecular weight excluding hydrogens is 290 g/mol. The lowest BCUT2D eigenvalue weighted by atomic mass is 9.79. The fraction of sp³-hybridized carbons (Fsp3) is 0.625. The van der Waals surface area contributed by atoms with Crippen molar-refractivity contribution in [3.8, 4) is 5.75 Å². The number of hydrogen-bond donors (Lipinski definition) is 2. The maximum atomic E-state index is 9.75. The van der Waals surface area contributed by atoms with Crippen LogP contribution in [-0.2, 0) is 0 Å². The van der Waals surface area contributed by atoms with Crippen molar-refractivity contribution in [2.75, 3.05) is 26.2 Å². The molecular formula is C16H22ClNO3. The number of aliphatic hydroxyl groups excluding tert-OH is 2. The molecule has 3 rings (SSSR count). The molecule has 1 saturated heterocycles. The third-order valence-corrected chi connectivity index (χ3v) is 4.93. The summed E-state index contributed by atoms with van der Waals surface area (Å²) in [5, 5.41) is 20.2. The van der Waals surface area contributed by atoms with Crippen LogP contribution < -0.4 is 4.74 Å². The molecule has 1 aliphatic carbocycles. The molecule has 2 N–H and O–H groups in total. The average Bonchev–Trinajstić information content (AvgIpc) is 2.83. The number of benzene rings is 1. The Labute approximate surface area is 130 Å². The van der Waals surface area contributed by atoms with E-state index in [4.69, 9.17) is 16.3 Å². The van der Waals surface area contributed by atoms with Crippen LogP contribution in [0, 0.1) is 11.8 Å². The Balaban J connectivity index is 1.44. The number of aliphatic hydroxyl groups is 2. The maximum Gasteiger partial charge on any atom is 0.119 e. The number of halogens is 1. The largest absolute Gasteiger partial charge is 0.492 e. The molecule has 4 atom stereocenters. The highest BCUT2D eigenvalue weighted by atomic mass is 35.5. The topological polar surface area (TPSA) is 52.9 Å². The van der Waals surface area contributed by atoms with Gasteiger partial charge in [-0.1, -0.05) is 11.6 Å². The van der Waals surface area contributed by atoms with Gasteiger partial charge in [-0.15, -0.1) is 0 Å². The standard InChI is InChI=1S/C16H22ClNO3/c17-13-1-3-14(4-2-13)21-6-5-18-9-11-7-15(19)16(20)8-12(11)10-18/h1-4,11-12,15-16,19-20H,5-10H2/t11-,12+,15+,16-. The third-order valence-electron chi connectivity index (χ3n) is 4.67. The van der Waals surface area contributed by atoms with E-state index in [0.717, 1.165) is 38.2 Å². The van der Waals surface area contributed by atoms with E-state index in [0.29, 0.717) is 23.5 Å². The number of rotatable bonds is 4. The molecule has 4 nitrogen and oxygen atoms in total. The number of ether oxygens (including phenoxy) is 1. The Bertz CT molecular complexity index is 449. The van der Waals surface area contributed by atoms with E-state index in [1.54, 1.807) is 0 Å². The monoisotopic (exact) mass is 311 g/mol. The molecule has 1 aliphatic heterocycles. The zero-order valence-corrected chi connectivity index (χ0v) is 12.7. The first-order valence-corrected chi connectivity index (χ1v) is 7.96. The van der Waals surface area contributed by atoms with E-state index in [2.05, 4.69) is 4.90 Å². The van der Waals surface area contributed by atoms with E-state index in [1.165, 1.54) is 0 Å². The van der Waals surface area contributed by atoms with Gasteiger partial charge in [0.25, 0.3) is 0 Å². The molecule has 1 aromatic rings. The summed E-state index contributed by atoms with van der Waals surface area (Å²) in [5.74, 6) is 1.86. The van der Waals surface area contributed by atoms with E-state index >= 15 is 0 Å². The quantitative estimate of drug-likeness (QED) is 0.890. The lowest BCUT2D eigenvalue weighted by molar-refractivity contribution is -0.0372. The zero-order valence-electron chi connectivity index (χ0n) is 12.0. The molecule has 0 radical (unpaired) electrons. The Morgan fingerprint density at radius 1 is 1.05 bits per heavy atom. The normalized spacial score (nSPS) is 32.9. The van der Waals surface area contributed by atoms with Gasteiger partial charge in [-0.25, -0.2) is 0 Å². The van der Waals surface area contributed by atoms with Crippen molar-refractivity contribution in [2.24, 2.45) is 11.8 Å². The highest BCUT2D eigenvalue weighted by Crippen LogP contribution is 2.36. The first-order valence-electron chi connectivity index (χ1n) is 7.58. The van der Waals surface area contributed by atoms with E-state index in [9.17, 15) is 10.2 Å². The lowest BCUT2D eigenvalue weighted by Crippen LogP contribution is -2.38. The Kier molecular flexibility index (Phi) is 4.69. The SMILES string of the molecule is O[C@@H]1C[C@H]2CN(CCOc3ccc(Cl)cc3)C[C@H]2C[C@@H]1O. The first kappa shape index (κ1) is 15.1. The Morgan fingerprint density at radius 2 is 1.62 bits per heavy atom. The second-order valence-corrected chi connectivity index (χ2v) is 6.62. The van der Waals surface area contributed by atoms with Gasteiger partial charge in [0.1, 0.15) is 12.4 Å². The van der Waals surface area contributed by atoms with Gasteiger partial charge in [-0.05, 0) is 48.9 Å². The van der Waals surface area contributed by atoms with Crippen LogP contribution >= 0.6 is 11.6 Å². The molecule has 116 valence electrons. The van der Waals surface area contributed by atoms with Crippen LogP contribution in [-0.4, -0.2) is 53.6 Å². The predicted octanol–water partition coefficient (Wildman–Crippen LogP) is 1.78. The van der Waals surface area contributed by atoms with Crippen molar-refractivity contribution < 1.29 is 14.9 Å². The van der Waals surface area contributed by atoms with Gasteiger partial charge in [0.2, 0.25) is 0 Å². The molecule has 2 fully saturated rings. The summed E-state index contributed by atoms with van der Waals surface area (Å²) in [5.41, 5.74) is 0. The van der Waals surface area contributed by atoms with Gasteiger partial charge < -0.3 is 14.9 Å². The summed E-state index contributed by atoms with van der Waals surface area (Å²) in [6, 6.07) is 7.39. The molecule has 21 heavy (non-hydrogen) atoms. The summed E-state index contributed by atoms with van der Waals surface area (Å²) in [7, 11) is 0. The van der Waals surface area contributed by atoms with E-state index < -0.39 is 12.2 Å². The fourth-order valence-corrected chi connectivity index (χ4v) is 3.64. The van der Waals surface area contributed by atoms with Gasteiger partial charge in [-0.3, -0.25) is 4.90 Å². The number of likely N-dealkylation sites (tertiary alicyclic amines) is 1. The highest BCUT2D eigenvalue weighted by molar-refractivity contribution is 6.30. The van der Waals surface area contributed by atoms with Crippen LogP contribution in [0.2, 0.25) is 5.02 Å². The molecule has 2 aliphatic rings. The first-order chi connectivity index (χ1) is 10.1. The molecule has 0 amide bonds. The lowest BCUT2D eigenvalue weighted by Gasteiger charge is -2.32. The van der Waals surface area contributed by atoms with Crippen molar-refractivity contribution in [3.63, 3.8) is 0 Å². The zero-order chi connectivity index (χ0) is 14.8. The van der Waals surface area contributed by atoms with Crippen LogP contribution in [0.5, 0.6) is 5.75 Å². The fourth-order valence-electron chi connectivity index (χ4n) is 3.51. The summed E-state index contributed by atoms with van der Waals surface area (Å²) < 4.78 is 5.72. The molecule has 0 bridgehead atoms. The van der Waals surface area contributed by atoms with Crippen LogP contribution in [0.1, 0.15) is 12.8 Å². The van der Waals surface area contributed by atoms with Crippen molar-refractivity contribution in [1.29, 1.82) is 0 Å². The smallest absolute Gasteiger partial charge is 0.119 e. The number of hydrogen-bond acceptors (Lipinski definition) is 4. The Morgan fingerprint density at radius 3 is 2.19 bits per heavy atom. The molecule has 1 aromatic carbocycles. The summed E-state index contributed by atoms with van der Waals surface area (Å²) in [4.78, 5) is 2.37. The molecule has 0 aromatic heterocycles. The predicted molar refractivity (Wildman–Crippen MR) is 81.6 cm³/mol.